The summed E-state index contributed by atoms with van der Waals surface area (Å²) in [4.78, 5) is 28.1. The van der Waals surface area contributed by atoms with E-state index >= 15 is 0 Å². The van der Waals surface area contributed by atoms with Gasteiger partial charge in [0.25, 0.3) is 0 Å². The first-order chi connectivity index (χ1) is 14.1. The highest BCUT2D eigenvalue weighted by Crippen LogP contribution is 2.10. The molecular formula is C23H18FN3O2. The van der Waals surface area contributed by atoms with Crippen molar-refractivity contribution in [2.24, 2.45) is 0 Å². The van der Waals surface area contributed by atoms with Gasteiger partial charge in [0, 0.05) is 17.4 Å². The number of hydrogen-bond donors (Lipinski definition) is 2. The van der Waals surface area contributed by atoms with E-state index in [4.69, 9.17) is 0 Å². The van der Waals surface area contributed by atoms with Crippen LogP contribution in [-0.4, -0.2) is 23.3 Å². The number of nitrogens with zero attached hydrogens (tertiary/aromatic N) is 1. The molecule has 0 radical (unpaired) electrons. The van der Waals surface area contributed by atoms with Gasteiger partial charge in [0.1, 0.15) is 11.5 Å². The van der Waals surface area contributed by atoms with E-state index in [-0.39, 0.29) is 24.8 Å². The lowest BCUT2D eigenvalue weighted by Crippen LogP contribution is -2.33. The maximum absolute atomic E-state index is 13.1. The Morgan fingerprint density at radius 3 is 2.59 bits per heavy atom. The van der Waals surface area contributed by atoms with E-state index in [1.54, 1.807) is 30.5 Å². The summed E-state index contributed by atoms with van der Waals surface area (Å²) in [6.45, 7) is -0.183. The van der Waals surface area contributed by atoms with Crippen LogP contribution in [0.1, 0.15) is 16.8 Å². The summed E-state index contributed by atoms with van der Waals surface area (Å²) in [5, 5.41) is 5.23. The van der Waals surface area contributed by atoms with Gasteiger partial charge < -0.3 is 10.6 Å². The fourth-order valence-corrected chi connectivity index (χ4v) is 2.53. The monoisotopic (exact) mass is 387 g/mol. The largest absolute Gasteiger partial charge is 0.347 e. The van der Waals surface area contributed by atoms with Gasteiger partial charge in [0.05, 0.1) is 13.0 Å². The van der Waals surface area contributed by atoms with Crippen molar-refractivity contribution in [1.82, 2.24) is 10.3 Å². The lowest BCUT2D eigenvalue weighted by Gasteiger charge is -2.07. The average molecular weight is 387 g/mol. The van der Waals surface area contributed by atoms with E-state index in [1.807, 2.05) is 24.3 Å². The molecular weight excluding hydrogens is 369 g/mol. The Balaban J connectivity index is 1.51. The number of anilines is 1. The molecule has 0 spiro atoms. The molecule has 0 saturated carbocycles. The molecule has 2 aromatic carbocycles. The number of amides is 2. The predicted octanol–water partition coefficient (Wildman–Crippen LogP) is 2.92. The van der Waals surface area contributed by atoms with Crippen LogP contribution in [0.4, 0.5) is 10.1 Å². The van der Waals surface area contributed by atoms with Crippen LogP contribution in [0.2, 0.25) is 0 Å². The maximum Gasteiger partial charge on any atom is 0.243 e. The lowest BCUT2D eigenvalue weighted by atomic mass is 10.1. The zero-order chi connectivity index (χ0) is 20.5. The van der Waals surface area contributed by atoms with E-state index in [0.717, 1.165) is 5.56 Å². The Bertz CT molecular complexity index is 1070. The Kier molecular flexibility index (Phi) is 6.69. The number of hydrogen-bond acceptors (Lipinski definition) is 3. The Morgan fingerprint density at radius 1 is 0.931 bits per heavy atom. The lowest BCUT2D eigenvalue weighted by molar-refractivity contribution is -0.123. The van der Waals surface area contributed by atoms with Crippen molar-refractivity contribution in [1.29, 1.82) is 0 Å². The van der Waals surface area contributed by atoms with Crippen LogP contribution in [0.15, 0.2) is 72.9 Å². The van der Waals surface area contributed by atoms with Gasteiger partial charge in [0.2, 0.25) is 11.8 Å². The highest BCUT2D eigenvalue weighted by atomic mass is 19.1. The summed E-state index contributed by atoms with van der Waals surface area (Å²) < 4.78 is 13.1. The number of halogens is 1. The van der Waals surface area contributed by atoms with Crippen LogP contribution in [0, 0.1) is 17.7 Å². The molecule has 0 aliphatic carbocycles. The van der Waals surface area contributed by atoms with Crippen molar-refractivity contribution >= 4 is 17.5 Å². The summed E-state index contributed by atoms with van der Waals surface area (Å²) in [6, 6.07) is 18.4. The van der Waals surface area contributed by atoms with Gasteiger partial charge in [-0.2, -0.15) is 0 Å². The molecule has 0 fully saturated rings. The first-order valence-corrected chi connectivity index (χ1v) is 8.92. The topological polar surface area (TPSA) is 71.1 Å². The van der Waals surface area contributed by atoms with Gasteiger partial charge in [-0.1, -0.05) is 30.2 Å². The van der Waals surface area contributed by atoms with E-state index in [1.165, 1.54) is 18.2 Å². The zero-order valence-electron chi connectivity index (χ0n) is 15.5. The molecule has 0 aliphatic heterocycles. The summed E-state index contributed by atoms with van der Waals surface area (Å²) in [5.74, 6) is 4.81. The Hall–Kier alpha value is -3.98. The second kappa shape index (κ2) is 9.81. The molecule has 2 N–H and O–H groups in total. The van der Waals surface area contributed by atoms with Crippen LogP contribution in [0.3, 0.4) is 0 Å². The van der Waals surface area contributed by atoms with Crippen LogP contribution in [0.5, 0.6) is 0 Å². The average Bonchev–Trinajstić information content (AvgIpc) is 2.72. The zero-order valence-corrected chi connectivity index (χ0v) is 15.5. The molecule has 3 aromatic rings. The smallest absolute Gasteiger partial charge is 0.243 e. The minimum Gasteiger partial charge on any atom is -0.347 e. The summed E-state index contributed by atoms with van der Waals surface area (Å²) in [7, 11) is 0. The first-order valence-electron chi connectivity index (χ1n) is 8.92. The van der Waals surface area contributed by atoms with Crippen molar-refractivity contribution in [3.8, 4) is 11.8 Å². The fourth-order valence-electron chi connectivity index (χ4n) is 2.53. The number of carbonyl (C=O) groups excluding carboxylic acids is 2. The molecule has 0 saturated heterocycles. The first kappa shape index (κ1) is 19.8. The highest BCUT2D eigenvalue weighted by Gasteiger charge is 2.08. The SMILES string of the molecule is O=C(Cc1cccc(F)c1)NCC(=O)Nc1cccc(C#Cc2ccccn2)c1. The van der Waals surface area contributed by atoms with Gasteiger partial charge in [0.15, 0.2) is 0 Å². The van der Waals surface area contributed by atoms with E-state index < -0.39 is 5.82 Å². The Labute approximate surface area is 168 Å². The molecule has 1 heterocycles. The number of rotatable bonds is 5. The Morgan fingerprint density at radius 2 is 1.79 bits per heavy atom. The quantitative estimate of drug-likeness (QED) is 0.662. The van der Waals surface area contributed by atoms with Crippen molar-refractivity contribution in [3.05, 3.63) is 95.6 Å². The number of benzene rings is 2. The molecule has 0 aliphatic rings. The van der Waals surface area contributed by atoms with Crippen LogP contribution in [0.25, 0.3) is 0 Å². The highest BCUT2D eigenvalue weighted by molar-refractivity contribution is 5.94. The van der Waals surface area contributed by atoms with Gasteiger partial charge in [-0.05, 0) is 53.9 Å². The minimum atomic E-state index is -0.404. The molecule has 29 heavy (non-hydrogen) atoms. The van der Waals surface area contributed by atoms with Crippen molar-refractivity contribution < 1.29 is 14.0 Å². The van der Waals surface area contributed by atoms with E-state index in [2.05, 4.69) is 27.5 Å². The molecule has 0 atom stereocenters. The molecule has 0 unspecified atom stereocenters. The summed E-state index contributed by atoms with van der Waals surface area (Å²) >= 11 is 0. The van der Waals surface area contributed by atoms with E-state index in [0.29, 0.717) is 16.9 Å². The summed E-state index contributed by atoms with van der Waals surface area (Å²) in [5.41, 5.74) is 2.50. The van der Waals surface area contributed by atoms with E-state index in [9.17, 15) is 14.0 Å². The number of carbonyl (C=O) groups is 2. The normalized spacial score (nSPS) is 9.83. The number of nitrogens with one attached hydrogen (secondary N) is 2. The fraction of sp³-hybridized carbons (Fsp3) is 0.0870. The third kappa shape index (κ3) is 6.60. The van der Waals surface area contributed by atoms with Gasteiger partial charge in [-0.15, -0.1) is 0 Å². The molecule has 144 valence electrons. The summed E-state index contributed by atoms with van der Waals surface area (Å²) in [6.07, 6.45) is 1.67. The van der Waals surface area contributed by atoms with Crippen molar-refractivity contribution in [2.45, 2.75) is 6.42 Å². The molecule has 1 aromatic heterocycles. The van der Waals surface area contributed by atoms with Crippen molar-refractivity contribution in [3.63, 3.8) is 0 Å². The third-order valence-electron chi connectivity index (χ3n) is 3.85. The number of aromatic nitrogens is 1. The van der Waals surface area contributed by atoms with Gasteiger partial charge >= 0.3 is 0 Å². The van der Waals surface area contributed by atoms with Crippen LogP contribution >= 0.6 is 0 Å². The predicted molar refractivity (Wildman–Crippen MR) is 108 cm³/mol. The standard InChI is InChI=1S/C23H18FN3O2/c24-19-7-3-6-18(13-19)15-22(28)26-16-23(29)27-21-9-4-5-17(14-21)10-11-20-8-1-2-12-25-20/h1-9,12-14H,15-16H2,(H,26,28)(H,27,29). The molecule has 6 heteroatoms. The van der Waals surface area contributed by atoms with Crippen LogP contribution < -0.4 is 10.6 Å². The third-order valence-corrected chi connectivity index (χ3v) is 3.85. The van der Waals surface area contributed by atoms with Crippen molar-refractivity contribution in [2.75, 3.05) is 11.9 Å². The molecule has 0 bridgehead atoms. The molecule has 2 amide bonds. The second-order valence-corrected chi connectivity index (χ2v) is 6.18. The second-order valence-electron chi connectivity index (χ2n) is 6.18. The van der Waals surface area contributed by atoms with Gasteiger partial charge in [-0.25, -0.2) is 9.37 Å². The van der Waals surface area contributed by atoms with Gasteiger partial charge in [-0.3, -0.25) is 9.59 Å². The molecule has 3 rings (SSSR count). The van der Waals surface area contributed by atoms with Crippen LogP contribution in [-0.2, 0) is 16.0 Å². The number of pyridine rings is 1. The maximum atomic E-state index is 13.1. The minimum absolute atomic E-state index is 0.00361. The molecule has 5 nitrogen and oxygen atoms in total.